The summed E-state index contributed by atoms with van der Waals surface area (Å²) < 4.78 is 43.2. The van der Waals surface area contributed by atoms with E-state index in [0.29, 0.717) is 6.07 Å². The van der Waals surface area contributed by atoms with Gasteiger partial charge in [-0.15, -0.1) is 0 Å². The lowest BCUT2D eigenvalue weighted by Crippen LogP contribution is -2.66. The van der Waals surface area contributed by atoms with Crippen LogP contribution >= 0.6 is 0 Å². The summed E-state index contributed by atoms with van der Waals surface area (Å²) in [6.07, 6.45) is -7.14. The number of alkyl halides is 3. The molecule has 0 aliphatic carbocycles. The summed E-state index contributed by atoms with van der Waals surface area (Å²) in [6, 6.07) is 2.86. The Morgan fingerprint density at radius 2 is 2.12 bits per heavy atom. The molecule has 0 radical (unpaired) electrons. The van der Waals surface area contributed by atoms with Crippen LogP contribution in [0.4, 0.5) is 19.0 Å². The normalized spacial score (nSPS) is 23.2. The van der Waals surface area contributed by atoms with E-state index in [2.05, 4.69) is 4.98 Å². The van der Waals surface area contributed by atoms with Crippen LogP contribution < -0.4 is 4.90 Å². The Morgan fingerprint density at radius 3 is 2.67 bits per heavy atom. The second kappa shape index (κ2) is 6.34. The maximum Gasteiger partial charge on any atom is 0.433 e. The lowest BCUT2D eigenvalue weighted by atomic mass is 9.93. The monoisotopic (exact) mass is 350 g/mol. The number of carbonyl (C=O) groups is 2. The number of morpholine rings is 1. The number of carbonyl (C=O) groups excluding carboxylic acids is 1. The standard InChI is InChI=1S/C13H13F3N2O6/c14-13(15,16)7-2-1-3-8(17-7)18-4-5-24-12(6-19,11(18)23)9(20)10(21)22/h1-3,9,19-20H,4-6H2,(H,21,22). The van der Waals surface area contributed by atoms with Crippen LogP contribution in [0.25, 0.3) is 0 Å². The molecule has 2 heterocycles. The molecule has 0 bridgehead atoms. The smallest absolute Gasteiger partial charge is 0.433 e. The van der Waals surface area contributed by atoms with E-state index >= 15 is 0 Å². The van der Waals surface area contributed by atoms with Gasteiger partial charge in [-0.1, -0.05) is 6.07 Å². The molecule has 11 heteroatoms. The van der Waals surface area contributed by atoms with Crippen molar-refractivity contribution in [3.63, 3.8) is 0 Å². The van der Waals surface area contributed by atoms with Gasteiger partial charge in [0.15, 0.2) is 6.10 Å². The van der Waals surface area contributed by atoms with Crippen LogP contribution in [0.1, 0.15) is 5.69 Å². The van der Waals surface area contributed by atoms with Crippen LogP contribution in [0.15, 0.2) is 18.2 Å². The van der Waals surface area contributed by atoms with E-state index in [1.807, 2.05) is 0 Å². The number of hydrogen-bond donors (Lipinski definition) is 3. The number of aliphatic hydroxyl groups is 2. The predicted molar refractivity (Wildman–Crippen MR) is 71.0 cm³/mol. The number of nitrogens with zero attached hydrogens (tertiary/aromatic N) is 2. The van der Waals surface area contributed by atoms with Crippen molar-refractivity contribution in [1.29, 1.82) is 0 Å². The Hall–Kier alpha value is -2.24. The highest BCUT2D eigenvalue weighted by molar-refractivity contribution is 6.02. The van der Waals surface area contributed by atoms with Crippen LogP contribution in [-0.4, -0.2) is 63.6 Å². The third-order valence-corrected chi connectivity index (χ3v) is 3.49. The first-order valence-electron chi connectivity index (χ1n) is 6.65. The van der Waals surface area contributed by atoms with Crippen LogP contribution in [0.2, 0.25) is 0 Å². The van der Waals surface area contributed by atoms with Crippen molar-refractivity contribution in [2.24, 2.45) is 0 Å². The molecule has 1 aromatic rings. The third-order valence-electron chi connectivity index (χ3n) is 3.49. The number of ether oxygens (including phenoxy) is 1. The lowest BCUT2D eigenvalue weighted by molar-refractivity contribution is -0.191. The van der Waals surface area contributed by atoms with Gasteiger partial charge in [0.05, 0.1) is 19.8 Å². The van der Waals surface area contributed by atoms with Crippen molar-refractivity contribution < 1.29 is 42.8 Å². The van der Waals surface area contributed by atoms with Crippen molar-refractivity contribution >= 4 is 17.7 Å². The van der Waals surface area contributed by atoms with Gasteiger partial charge in [0.2, 0.25) is 5.60 Å². The van der Waals surface area contributed by atoms with Crippen molar-refractivity contribution in [2.75, 3.05) is 24.7 Å². The first-order valence-corrected chi connectivity index (χ1v) is 6.65. The van der Waals surface area contributed by atoms with E-state index in [1.165, 1.54) is 0 Å². The Kier molecular flexibility index (Phi) is 4.78. The number of pyridine rings is 1. The van der Waals surface area contributed by atoms with Crippen LogP contribution in [0.3, 0.4) is 0 Å². The largest absolute Gasteiger partial charge is 0.479 e. The predicted octanol–water partition coefficient (Wildman–Crippen LogP) is -0.360. The molecule has 132 valence electrons. The van der Waals surface area contributed by atoms with E-state index in [0.717, 1.165) is 17.0 Å². The lowest BCUT2D eigenvalue weighted by Gasteiger charge is -2.41. The molecule has 3 N–H and O–H groups in total. The molecule has 1 aromatic heterocycles. The van der Waals surface area contributed by atoms with Gasteiger partial charge in [-0.05, 0) is 12.1 Å². The number of aliphatic carboxylic acids is 1. The summed E-state index contributed by atoms with van der Waals surface area (Å²) in [5.41, 5.74) is -3.76. The molecule has 0 aromatic carbocycles. The summed E-state index contributed by atoms with van der Waals surface area (Å²) in [7, 11) is 0. The highest BCUT2D eigenvalue weighted by Gasteiger charge is 2.54. The third kappa shape index (κ3) is 3.05. The zero-order valence-corrected chi connectivity index (χ0v) is 12.0. The zero-order chi connectivity index (χ0) is 18.1. The first-order chi connectivity index (χ1) is 11.1. The summed E-state index contributed by atoms with van der Waals surface area (Å²) in [6.45, 7) is -1.70. The molecular weight excluding hydrogens is 337 g/mol. The quantitative estimate of drug-likeness (QED) is 0.678. The van der Waals surface area contributed by atoms with Gasteiger partial charge in [-0.3, -0.25) is 9.69 Å². The number of halogens is 3. The molecule has 24 heavy (non-hydrogen) atoms. The van der Waals surface area contributed by atoms with Gasteiger partial charge in [-0.25, -0.2) is 9.78 Å². The first kappa shape index (κ1) is 18.1. The van der Waals surface area contributed by atoms with E-state index in [-0.39, 0.29) is 13.2 Å². The van der Waals surface area contributed by atoms with E-state index < -0.39 is 47.9 Å². The summed E-state index contributed by atoms with van der Waals surface area (Å²) in [4.78, 5) is 27.5. The molecule has 8 nitrogen and oxygen atoms in total. The second-order valence-corrected chi connectivity index (χ2v) is 4.97. The van der Waals surface area contributed by atoms with Crippen molar-refractivity contribution in [3.8, 4) is 0 Å². The Balaban J connectivity index is 2.42. The summed E-state index contributed by atoms with van der Waals surface area (Å²) in [5.74, 6) is -3.41. The highest BCUT2D eigenvalue weighted by atomic mass is 19.4. The van der Waals surface area contributed by atoms with Gasteiger partial charge < -0.3 is 20.1 Å². The Labute approximate surface area is 133 Å². The minimum Gasteiger partial charge on any atom is -0.479 e. The number of anilines is 1. The molecule has 0 saturated carbocycles. The Bertz CT molecular complexity index is 653. The van der Waals surface area contributed by atoms with Crippen molar-refractivity contribution in [2.45, 2.75) is 17.9 Å². The minimum atomic E-state index is -4.74. The zero-order valence-electron chi connectivity index (χ0n) is 12.0. The van der Waals surface area contributed by atoms with Crippen molar-refractivity contribution in [1.82, 2.24) is 4.98 Å². The number of aliphatic hydroxyl groups excluding tert-OH is 2. The topological polar surface area (TPSA) is 120 Å². The highest BCUT2D eigenvalue weighted by Crippen LogP contribution is 2.31. The fourth-order valence-corrected chi connectivity index (χ4v) is 2.26. The SMILES string of the molecule is O=C(O)C(O)C1(CO)OCCN(c2cccc(C(F)(F)F)n2)C1=O. The molecule has 2 rings (SSSR count). The fourth-order valence-electron chi connectivity index (χ4n) is 2.26. The summed E-state index contributed by atoms with van der Waals surface area (Å²) in [5, 5.41) is 28.0. The number of carboxylic acids is 1. The molecule has 1 amide bonds. The maximum absolute atomic E-state index is 12.7. The molecule has 1 saturated heterocycles. The van der Waals surface area contributed by atoms with E-state index in [9.17, 15) is 33.0 Å². The van der Waals surface area contributed by atoms with Gasteiger partial charge >= 0.3 is 12.1 Å². The average molecular weight is 350 g/mol. The van der Waals surface area contributed by atoms with Gasteiger partial charge in [0.1, 0.15) is 11.5 Å². The molecule has 1 fully saturated rings. The fraction of sp³-hybridized carbons (Fsp3) is 0.462. The number of carboxylic acid groups (broad SMARTS) is 1. The van der Waals surface area contributed by atoms with E-state index in [4.69, 9.17) is 9.84 Å². The maximum atomic E-state index is 12.7. The number of amides is 1. The minimum absolute atomic E-state index is 0.221. The molecule has 2 atom stereocenters. The Morgan fingerprint density at radius 1 is 1.46 bits per heavy atom. The van der Waals surface area contributed by atoms with E-state index in [1.54, 1.807) is 0 Å². The molecule has 2 unspecified atom stereocenters. The van der Waals surface area contributed by atoms with Crippen molar-refractivity contribution in [3.05, 3.63) is 23.9 Å². The van der Waals surface area contributed by atoms with Crippen LogP contribution in [0, 0.1) is 0 Å². The van der Waals surface area contributed by atoms with Crippen LogP contribution in [0.5, 0.6) is 0 Å². The van der Waals surface area contributed by atoms with Gasteiger partial charge in [-0.2, -0.15) is 13.2 Å². The van der Waals surface area contributed by atoms with Crippen LogP contribution in [-0.2, 0) is 20.5 Å². The molecule has 1 aliphatic heterocycles. The number of rotatable bonds is 4. The molecular formula is C13H13F3N2O6. The average Bonchev–Trinajstić information content (AvgIpc) is 2.54. The molecule has 0 spiro atoms. The second-order valence-electron chi connectivity index (χ2n) is 4.97. The van der Waals surface area contributed by atoms with Gasteiger partial charge in [0, 0.05) is 0 Å². The molecule has 1 aliphatic rings. The van der Waals surface area contributed by atoms with Gasteiger partial charge in [0.25, 0.3) is 5.91 Å². The number of hydrogen-bond acceptors (Lipinski definition) is 6. The summed E-state index contributed by atoms with van der Waals surface area (Å²) >= 11 is 0. The number of aromatic nitrogens is 1.